The predicted octanol–water partition coefficient (Wildman–Crippen LogP) is -1.05. The number of aliphatic hydroxyl groups excluding tert-OH is 1. The smallest absolute Gasteiger partial charge is 0.175 e. The molecule has 84 valence electrons. The van der Waals surface area contributed by atoms with Gasteiger partial charge in [0, 0.05) is 12.3 Å². The van der Waals surface area contributed by atoms with E-state index in [1.165, 1.54) is 0 Å². The van der Waals surface area contributed by atoms with E-state index in [1.54, 1.807) is 6.92 Å². The van der Waals surface area contributed by atoms with Gasteiger partial charge in [0.05, 0.1) is 12.0 Å². The molecule has 5 heteroatoms. The number of ether oxygens (including phenoxy) is 2. The van der Waals surface area contributed by atoms with Crippen LogP contribution in [0.15, 0.2) is 0 Å². The molecule has 0 amide bonds. The molecule has 0 aromatic heterocycles. The normalized spacial score (nSPS) is 73.6. The van der Waals surface area contributed by atoms with E-state index in [4.69, 9.17) is 9.47 Å². The van der Waals surface area contributed by atoms with E-state index in [0.717, 1.165) is 0 Å². The minimum atomic E-state index is -1.20. The lowest BCUT2D eigenvalue weighted by Gasteiger charge is -2.65. The summed E-state index contributed by atoms with van der Waals surface area (Å²) < 4.78 is 11.1. The zero-order chi connectivity index (χ0) is 10.7. The van der Waals surface area contributed by atoms with Crippen molar-refractivity contribution >= 4 is 0 Å². The Morgan fingerprint density at radius 3 is 2.67 bits per heavy atom. The summed E-state index contributed by atoms with van der Waals surface area (Å²) in [6.45, 7) is 1.59. The maximum atomic E-state index is 10.6. The molecule has 6 atom stereocenters. The molecular formula is C10H14O5. The first-order valence-electron chi connectivity index (χ1n) is 5.33. The van der Waals surface area contributed by atoms with Crippen LogP contribution in [0.3, 0.4) is 0 Å². The second kappa shape index (κ2) is 1.87. The molecule has 6 fully saturated rings. The van der Waals surface area contributed by atoms with Crippen molar-refractivity contribution in [1.29, 1.82) is 0 Å². The van der Waals surface area contributed by atoms with Crippen LogP contribution in [0.1, 0.15) is 19.8 Å². The Hall–Kier alpha value is -0.200. The zero-order valence-electron chi connectivity index (χ0n) is 8.43. The van der Waals surface area contributed by atoms with Gasteiger partial charge in [0.1, 0.15) is 11.2 Å². The molecule has 0 aromatic carbocycles. The fraction of sp³-hybridized carbons (Fsp3) is 1.00. The SMILES string of the molecule is C[C@@]12C[C@@]3(O)O[C@@H](O1)[C@]1(CO)[C@H]3C[C@@]12O. The van der Waals surface area contributed by atoms with Gasteiger partial charge in [-0.15, -0.1) is 0 Å². The van der Waals surface area contributed by atoms with Crippen LogP contribution >= 0.6 is 0 Å². The summed E-state index contributed by atoms with van der Waals surface area (Å²) in [5.74, 6) is -1.40. The van der Waals surface area contributed by atoms with Gasteiger partial charge in [-0.25, -0.2) is 0 Å². The third-order valence-corrected chi connectivity index (χ3v) is 5.26. The quantitative estimate of drug-likeness (QED) is 0.519. The lowest BCUT2D eigenvalue weighted by atomic mass is 9.41. The number of hydrogen-bond donors (Lipinski definition) is 3. The van der Waals surface area contributed by atoms with Crippen LogP contribution < -0.4 is 0 Å². The standard InChI is InChI=1S/C10H14O5/c1-7-3-9(12)5-2-10(7,13)8(5,4-11)6(14-7)15-9/h5-6,11-13H,2-4H2,1H3/t5-,6-,7+,8+,9-,10+/m1/s1. The van der Waals surface area contributed by atoms with E-state index in [0.29, 0.717) is 12.8 Å². The number of rotatable bonds is 1. The van der Waals surface area contributed by atoms with Gasteiger partial charge < -0.3 is 24.8 Å². The summed E-state index contributed by atoms with van der Waals surface area (Å²) in [6.07, 6.45) is 0.0891. The molecular weight excluding hydrogens is 200 g/mol. The van der Waals surface area contributed by atoms with Crippen LogP contribution in [0.4, 0.5) is 0 Å². The van der Waals surface area contributed by atoms with Crippen molar-refractivity contribution in [3.8, 4) is 0 Å². The Bertz CT molecular complexity index is 373. The van der Waals surface area contributed by atoms with Gasteiger partial charge in [0.25, 0.3) is 0 Å². The van der Waals surface area contributed by atoms with Gasteiger partial charge in [0.15, 0.2) is 12.1 Å². The summed E-state index contributed by atoms with van der Waals surface area (Å²) in [5.41, 5.74) is -2.61. The maximum Gasteiger partial charge on any atom is 0.175 e. The molecule has 5 nitrogen and oxygen atoms in total. The van der Waals surface area contributed by atoms with Crippen molar-refractivity contribution < 1.29 is 24.8 Å². The summed E-state index contributed by atoms with van der Waals surface area (Å²) in [7, 11) is 0. The maximum absolute atomic E-state index is 10.6. The molecule has 6 bridgehead atoms. The highest BCUT2D eigenvalue weighted by molar-refractivity contribution is 5.35. The molecule has 3 aliphatic carbocycles. The molecule has 6 aliphatic rings. The Morgan fingerprint density at radius 1 is 1.33 bits per heavy atom. The summed E-state index contributed by atoms with van der Waals surface area (Å²) in [4.78, 5) is 0. The van der Waals surface area contributed by atoms with Gasteiger partial charge in [-0.3, -0.25) is 0 Å². The van der Waals surface area contributed by atoms with Gasteiger partial charge in [-0.1, -0.05) is 0 Å². The van der Waals surface area contributed by atoms with E-state index in [-0.39, 0.29) is 12.5 Å². The Balaban J connectivity index is 1.98. The van der Waals surface area contributed by atoms with E-state index in [9.17, 15) is 15.3 Å². The largest absolute Gasteiger partial charge is 0.395 e. The van der Waals surface area contributed by atoms with E-state index < -0.39 is 28.7 Å². The predicted molar refractivity (Wildman–Crippen MR) is 46.5 cm³/mol. The van der Waals surface area contributed by atoms with Crippen LogP contribution in [0.2, 0.25) is 0 Å². The monoisotopic (exact) mass is 214 g/mol. The van der Waals surface area contributed by atoms with Crippen LogP contribution in [0, 0.1) is 11.3 Å². The molecule has 3 saturated heterocycles. The molecule has 0 aromatic rings. The molecule has 6 rings (SSSR count). The zero-order valence-corrected chi connectivity index (χ0v) is 8.43. The van der Waals surface area contributed by atoms with Gasteiger partial charge >= 0.3 is 0 Å². The molecule has 3 saturated carbocycles. The number of aliphatic hydroxyl groups is 3. The second-order valence-electron chi connectivity index (χ2n) is 5.64. The molecule has 0 radical (unpaired) electrons. The first kappa shape index (κ1) is 8.90. The van der Waals surface area contributed by atoms with Gasteiger partial charge in [0.2, 0.25) is 0 Å². The van der Waals surface area contributed by atoms with Crippen molar-refractivity contribution in [3.05, 3.63) is 0 Å². The highest BCUT2D eigenvalue weighted by Crippen LogP contribution is 2.79. The Labute approximate surface area is 86.6 Å². The van der Waals surface area contributed by atoms with Gasteiger partial charge in [-0.2, -0.15) is 0 Å². The average molecular weight is 214 g/mol. The van der Waals surface area contributed by atoms with Crippen LogP contribution in [-0.4, -0.2) is 45.2 Å². The fourth-order valence-electron chi connectivity index (χ4n) is 4.44. The molecule has 0 unspecified atom stereocenters. The highest BCUT2D eigenvalue weighted by Gasteiger charge is 2.92. The third kappa shape index (κ3) is 0.537. The van der Waals surface area contributed by atoms with Crippen LogP contribution in [0.25, 0.3) is 0 Å². The molecule has 3 N–H and O–H groups in total. The van der Waals surface area contributed by atoms with Crippen molar-refractivity contribution in [1.82, 2.24) is 0 Å². The van der Waals surface area contributed by atoms with Crippen molar-refractivity contribution in [2.24, 2.45) is 11.3 Å². The van der Waals surface area contributed by atoms with Gasteiger partial charge in [-0.05, 0) is 13.3 Å². The minimum absolute atomic E-state index is 0.194. The Morgan fingerprint density at radius 2 is 2.07 bits per heavy atom. The fourth-order valence-corrected chi connectivity index (χ4v) is 4.44. The molecule has 3 aliphatic heterocycles. The average Bonchev–Trinajstić information content (AvgIpc) is 2.30. The first-order chi connectivity index (χ1) is 6.92. The Kier molecular flexibility index (Phi) is 1.11. The molecule has 15 heavy (non-hydrogen) atoms. The summed E-state index contributed by atoms with van der Waals surface area (Å²) >= 11 is 0. The van der Waals surface area contributed by atoms with Crippen molar-refractivity contribution in [2.75, 3.05) is 6.61 Å². The summed E-state index contributed by atoms with van der Waals surface area (Å²) in [5, 5.41) is 30.4. The molecule has 3 heterocycles. The highest BCUT2D eigenvalue weighted by atomic mass is 16.8. The van der Waals surface area contributed by atoms with Crippen molar-refractivity contribution in [2.45, 2.75) is 43.0 Å². The van der Waals surface area contributed by atoms with E-state index in [1.807, 2.05) is 0 Å². The lowest BCUT2D eigenvalue weighted by molar-refractivity contribution is -0.384. The topological polar surface area (TPSA) is 79.2 Å². The minimum Gasteiger partial charge on any atom is -0.395 e. The van der Waals surface area contributed by atoms with Crippen LogP contribution in [-0.2, 0) is 9.47 Å². The summed E-state index contributed by atoms with van der Waals surface area (Å²) in [6, 6.07) is 0. The van der Waals surface area contributed by atoms with Crippen LogP contribution in [0.5, 0.6) is 0 Å². The molecule has 0 spiro atoms. The third-order valence-electron chi connectivity index (χ3n) is 5.26. The number of hydrogen-bond acceptors (Lipinski definition) is 5. The van der Waals surface area contributed by atoms with E-state index in [2.05, 4.69) is 0 Å². The van der Waals surface area contributed by atoms with Crippen molar-refractivity contribution in [3.63, 3.8) is 0 Å². The first-order valence-corrected chi connectivity index (χ1v) is 5.33. The van der Waals surface area contributed by atoms with E-state index >= 15 is 0 Å². The lowest BCUT2D eigenvalue weighted by Crippen LogP contribution is -2.78. The second-order valence-corrected chi connectivity index (χ2v) is 5.64.